The van der Waals surface area contributed by atoms with Crippen molar-refractivity contribution < 1.29 is 78.2 Å². The molecule has 0 saturated carbocycles. The Hall–Kier alpha value is 0.401. The summed E-state index contributed by atoms with van der Waals surface area (Å²) in [4.78, 5) is 0. The van der Waals surface area contributed by atoms with Crippen LogP contribution in [0.15, 0.2) is 18.2 Å². The van der Waals surface area contributed by atoms with E-state index in [0.29, 0.717) is 12.7 Å². The van der Waals surface area contributed by atoms with E-state index in [9.17, 15) is 17.3 Å². The van der Waals surface area contributed by atoms with Gasteiger partial charge in [-0.05, 0) is 37.5 Å². The van der Waals surface area contributed by atoms with Crippen molar-refractivity contribution in [3.8, 4) is 5.75 Å². The first-order chi connectivity index (χ1) is 8.97. The molecule has 1 aromatic rings. The van der Waals surface area contributed by atoms with Crippen LogP contribution < -0.4 is 61.6 Å². The van der Waals surface area contributed by atoms with Gasteiger partial charge in [0.1, 0.15) is 12.4 Å². The summed E-state index contributed by atoms with van der Waals surface area (Å²) in [5.41, 5.74) is -1.03. The van der Waals surface area contributed by atoms with E-state index in [1.165, 1.54) is 0 Å². The van der Waals surface area contributed by atoms with E-state index in [4.69, 9.17) is 9.47 Å². The summed E-state index contributed by atoms with van der Waals surface area (Å²) in [7, 11) is 0. The Morgan fingerprint density at radius 3 is 2.60 bits per heavy atom. The molecule has 1 aliphatic rings. The second-order valence-corrected chi connectivity index (χ2v) is 4.56. The molecule has 2 rings (SSSR count). The summed E-state index contributed by atoms with van der Waals surface area (Å²) >= 11 is 0. The van der Waals surface area contributed by atoms with Crippen LogP contribution in [0.2, 0.25) is 0 Å². The predicted molar refractivity (Wildman–Crippen MR) is 64.2 cm³/mol. The van der Waals surface area contributed by atoms with Crippen LogP contribution in [0.3, 0.4) is 0 Å². The van der Waals surface area contributed by atoms with Crippen molar-refractivity contribution in [1.82, 2.24) is 0 Å². The number of benzene rings is 1. The molecule has 8 heteroatoms. The molecule has 1 aromatic carbocycles. The molecule has 0 aliphatic carbocycles. The normalized spacial score (nSPS) is 19.3. The fraction of sp³-hybridized carbons (Fsp3) is 0.500. The van der Waals surface area contributed by atoms with Gasteiger partial charge < -0.3 is 22.4 Å². The Labute approximate surface area is 157 Å². The Morgan fingerprint density at radius 1 is 1.25 bits per heavy atom. The molecule has 1 heterocycles. The van der Waals surface area contributed by atoms with Crippen molar-refractivity contribution in [3.63, 3.8) is 0 Å². The summed E-state index contributed by atoms with van der Waals surface area (Å²) in [6, 6.07) is 2.45. The van der Waals surface area contributed by atoms with Gasteiger partial charge in [0, 0.05) is 6.61 Å². The van der Waals surface area contributed by atoms with E-state index in [0.717, 1.165) is 31.4 Å². The van der Waals surface area contributed by atoms with Gasteiger partial charge in [-0.15, -0.1) is 0 Å². The van der Waals surface area contributed by atoms with Crippen molar-refractivity contribution in [3.05, 3.63) is 24.0 Å². The van der Waals surface area contributed by atoms with Gasteiger partial charge in [0.2, 0.25) is 0 Å². The van der Waals surface area contributed by atoms with Gasteiger partial charge >= 0.3 is 58.4 Å². The topological polar surface area (TPSA) is 18.5 Å². The van der Waals surface area contributed by atoms with Crippen LogP contribution >= 0.6 is 0 Å². The molecule has 0 radical (unpaired) electrons. The Kier molecular flexibility index (Phi) is 7.51. The standard InChI is InChI=1S/C12H14BF4O2.K/c14-9-4-5-12(11(7-9)13(15,16)17)19-8-10-3-1-2-6-18-10;/h4-5,7,10H,1-3,6,8H2;/q-1;+1. The molecule has 1 saturated heterocycles. The largest absolute Gasteiger partial charge is 1.00 e. The summed E-state index contributed by atoms with van der Waals surface area (Å²) in [5, 5.41) is 0. The predicted octanol–water partition coefficient (Wildman–Crippen LogP) is -0.168. The van der Waals surface area contributed by atoms with Crippen LogP contribution in [-0.4, -0.2) is 26.3 Å². The van der Waals surface area contributed by atoms with Crippen molar-refractivity contribution in [1.29, 1.82) is 0 Å². The van der Waals surface area contributed by atoms with Gasteiger partial charge in [-0.3, -0.25) is 0 Å². The molecule has 1 atom stereocenters. The van der Waals surface area contributed by atoms with Crippen LogP contribution in [0.25, 0.3) is 0 Å². The van der Waals surface area contributed by atoms with E-state index < -0.39 is 18.3 Å². The molecule has 0 bridgehead atoms. The van der Waals surface area contributed by atoms with Crippen LogP contribution in [0.4, 0.5) is 17.3 Å². The minimum atomic E-state index is -5.29. The van der Waals surface area contributed by atoms with Gasteiger partial charge in [0.05, 0.1) is 11.9 Å². The monoisotopic (exact) mass is 316 g/mol. The molecule has 0 aromatic heterocycles. The zero-order valence-corrected chi connectivity index (χ0v) is 14.4. The van der Waals surface area contributed by atoms with E-state index in [-0.39, 0.29) is 69.8 Å². The first-order valence-corrected chi connectivity index (χ1v) is 6.20. The molecular formula is C12H14BF4KO2. The first-order valence-electron chi connectivity index (χ1n) is 6.20. The Bertz CT molecular complexity index is 436. The van der Waals surface area contributed by atoms with Crippen LogP contribution in [0, 0.1) is 5.82 Å². The van der Waals surface area contributed by atoms with Crippen molar-refractivity contribution >= 4 is 12.4 Å². The van der Waals surface area contributed by atoms with Crippen LogP contribution in [0.5, 0.6) is 5.75 Å². The average molecular weight is 316 g/mol. The summed E-state index contributed by atoms with van der Waals surface area (Å²) in [6.45, 7) is -4.63. The maximum Gasteiger partial charge on any atom is 1.00 e. The molecule has 0 spiro atoms. The summed E-state index contributed by atoms with van der Waals surface area (Å²) in [5.74, 6) is -1.25. The van der Waals surface area contributed by atoms with Gasteiger partial charge in [0.15, 0.2) is 0 Å². The van der Waals surface area contributed by atoms with Crippen LogP contribution in [-0.2, 0) is 4.74 Å². The first kappa shape index (κ1) is 18.5. The maximum atomic E-state index is 12.9. The second kappa shape index (κ2) is 8.14. The van der Waals surface area contributed by atoms with E-state index in [1.807, 2.05) is 0 Å². The zero-order chi connectivity index (χ0) is 13.9. The number of halogens is 4. The van der Waals surface area contributed by atoms with Crippen LogP contribution in [0.1, 0.15) is 19.3 Å². The smallest absolute Gasteiger partial charge is 0.494 e. The SMILES string of the molecule is Fc1ccc(OCC2CCCCO2)c([B-](F)(F)F)c1.[K+]. The molecule has 1 unspecified atom stereocenters. The molecule has 2 nitrogen and oxygen atoms in total. The number of hydrogen-bond acceptors (Lipinski definition) is 2. The van der Waals surface area contributed by atoms with E-state index in [1.54, 1.807) is 0 Å². The molecule has 106 valence electrons. The summed E-state index contributed by atoms with van der Waals surface area (Å²) < 4.78 is 61.8. The van der Waals surface area contributed by atoms with Crippen molar-refractivity contribution in [2.24, 2.45) is 0 Å². The van der Waals surface area contributed by atoms with Gasteiger partial charge in [-0.2, -0.15) is 0 Å². The van der Waals surface area contributed by atoms with Crippen molar-refractivity contribution in [2.45, 2.75) is 25.4 Å². The Morgan fingerprint density at radius 2 is 2.00 bits per heavy atom. The summed E-state index contributed by atoms with van der Waals surface area (Å²) in [6.07, 6.45) is 2.53. The Balaban J connectivity index is 0.00000200. The molecule has 0 N–H and O–H groups in total. The minimum absolute atomic E-state index is 0. The number of ether oxygens (including phenoxy) is 2. The van der Waals surface area contributed by atoms with Gasteiger partial charge in [0.25, 0.3) is 0 Å². The van der Waals surface area contributed by atoms with Crippen molar-refractivity contribution in [2.75, 3.05) is 13.2 Å². The maximum absolute atomic E-state index is 12.9. The zero-order valence-electron chi connectivity index (χ0n) is 11.3. The average Bonchev–Trinajstić information content (AvgIpc) is 2.37. The minimum Gasteiger partial charge on any atom is -0.494 e. The third-order valence-corrected chi connectivity index (χ3v) is 3.02. The molecule has 20 heavy (non-hydrogen) atoms. The van der Waals surface area contributed by atoms with Gasteiger partial charge in [-0.25, -0.2) is 4.39 Å². The van der Waals surface area contributed by atoms with Gasteiger partial charge in [-0.1, -0.05) is 5.46 Å². The quantitative estimate of drug-likeness (QED) is 0.567. The molecule has 1 fully saturated rings. The number of hydrogen-bond donors (Lipinski definition) is 0. The molecular weight excluding hydrogens is 302 g/mol. The fourth-order valence-electron chi connectivity index (χ4n) is 2.03. The number of rotatable bonds is 4. The van der Waals surface area contributed by atoms with E-state index >= 15 is 0 Å². The third-order valence-electron chi connectivity index (χ3n) is 3.02. The molecule has 1 aliphatic heterocycles. The molecule has 0 amide bonds. The third kappa shape index (κ3) is 5.31. The second-order valence-electron chi connectivity index (χ2n) is 4.56. The fourth-order valence-corrected chi connectivity index (χ4v) is 2.03. The van der Waals surface area contributed by atoms with E-state index in [2.05, 4.69) is 0 Å².